The molecule has 1 unspecified atom stereocenters. The first kappa shape index (κ1) is 41.4. The van der Waals surface area contributed by atoms with Crippen LogP contribution < -0.4 is 25.2 Å². The van der Waals surface area contributed by atoms with Crippen LogP contribution in [-0.2, 0) is 9.59 Å². The van der Waals surface area contributed by atoms with Crippen molar-refractivity contribution in [3.63, 3.8) is 0 Å². The van der Waals surface area contributed by atoms with Crippen LogP contribution in [0.3, 0.4) is 0 Å². The van der Waals surface area contributed by atoms with E-state index in [2.05, 4.69) is 83.9 Å². The van der Waals surface area contributed by atoms with E-state index in [-0.39, 0.29) is 53.7 Å². The fourth-order valence-electron chi connectivity index (χ4n) is 10.5. The third kappa shape index (κ3) is 7.85. The molecular weight excluding hydrogens is 778 g/mol. The number of hydrogen-bond donors (Lipinski definition) is 2. The minimum Gasteiger partial charge on any atom is -0.489 e. The lowest BCUT2D eigenvalue weighted by Gasteiger charge is -2.63. The molecule has 3 saturated heterocycles. The maximum Gasteiger partial charge on any atom is 0.255 e. The van der Waals surface area contributed by atoms with Crippen LogP contribution in [0.2, 0.25) is 5.02 Å². The highest BCUT2D eigenvalue weighted by Gasteiger charge is 2.64. The lowest BCUT2D eigenvalue weighted by Crippen LogP contribution is -2.74. The van der Waals surface area contributed by atoms with Crippen LogP contribution in [-0.4, -0.2) is 104 Å². The largest absolute Gasteiger partial charge is 0.489 e. The Hall–Kier alpha value is -5.38. The normalized spacial score (nSPS) is 24.3. The number of piperidine rings is 2. The third-order valence-electron chi connectivity index (χ3n) is 13.6. The van der Waals surface area contributed by atoms with Crippen molar-refractivity contribution in [3.05, 3.63) is 94.5 Å². The van der Waals surface area contributed by atoms with Gasteiger partial charge in [0.25, 0.3) is 11.8 Å². The number of benzene rings is 3. The van der Waals surface area contributed by atoms with E-state index in [1.165, 1.54) is 0 Å². The first-order valence-electron chi connectivity index (χ1n) is 21.1. The first-order valence-corrected chi connectivity index (χ1v) is 21.5. The standard InChI is InChI=1S/C47H54ClN7O5/c1-29-27-55(39-14-15-40(56)50-42(39)58)43(59)36-13-11-34(24-37(29)36)54-22-20-52(21-23-54)28-30-16-18-53(19-17-30)33-9-6-31(7-10-33)41(57)51-44-46(2,3)45(47(44,4)5)60-35-12-8-32(26-49)38(48)25-35/h6-13,24-25,30,39,44-45H,1,14-23,27-28H2,2-5H3,(H,51,57)(H,50,56,58)/t39?,44-,45-. The Labute approximate surface area is 357 Å². The number of carbonyl (C=O) groups excluding carboxylic acids is 4. The summed E-state index contributed by atoms with van der Waals surface area (Å²) < 4.78 is 6.39. The molecule has 12 nitrogen and oxygen atoms in total. The minimum atomic E-state index is -0.660. The summed E-state index contributed by atoms with van der Waals surface area (Å²) in [5, 5.41) is 15.2. The summed E-state index contributed by atoms with van der Waals surface area (Å²) in [7, 11) is 0. The van der Waals surface area contributed by atoms with Gasteiger partial charge in [0.15, 0.2) is 0 Å². The number of halogens is 1. The van der Waals surface area contributed by atoms with E-state index >= 15 is 0 Å². The van der Waals surface area contributed by atoms with Crippen LogP contribution in [0.15, 0.2) is 67.2 Å². The summed E-state index contributed by atoms with van der Waals surface area (Å²) in [6.45, 7) is 19.7. The Balaban J connectivity index is 0.787. The molecule has 4 heterocycles. The SMILES string of the molecule is C=C1CN(C2CCC(=O)NC2=O)C(=O)c2ccc(N3CCN(CC4CCN(c5ccc(C(=O)N[C@H]6C(C)(C)[C@H](Oc7ccc(C#N)c(Cl)c7)C6(C)C)cc5)CC4)CC3)cc21. The fraction of sp³-hybridized carbons (Fsp3) is 0.468. The Morgan fingerprint density at radius 2 is 1.55 bits per heavy atom. The van der Waals surface area contributed by atoms with Crippen molar-refractivity contribution in [3.8, 4) is 11.8 Å². The maximum atomic E-state index is 13.5. The molecule has 60 heavy (non-hydrogen) atoms. The molecule has 4 fully saturated rings. The highest BCUT2D eigenvalue weighted by Crippen LogP contribution is 2.55. The number of ether oxygens (including phenoxy) is 1. The van der Waals surface area contributed by atoms with Gasteiger partial charge in [-0.25, -0.2) is 0 Å². The highest BCUT2D eigenvalue weighted by atomic mass is 35.5. The van der Waals surface area contributed by atoms with Crippen molar-refractivity contribution < 1.29 is 23.9 Å². The van der Waals surface area contributed by atoms with Gasteiger partial charge < -0.3 is 24.8 Å². The Bertz CT molecular complexity index is 2240. The van der Waals surface area contributed by atoms with Crippen molar-refractivity contribution in [2.24, 2.45) is 16.7 Å². The number of piperazine rings is 1. The van der Waals surface area contributed by atoms with Gasteiger partial charge in [-0.2, -0.15) is 5.26 Å². The zero-order valence-electron chi connectivity index (χ0n) is 34.9. The number of fused-ring (bicyclic) bond motifs is 1. The van der Waals surface area contributed by atoms with Crippen molar-refractivity contribution >= 4 is 52.2 Å². The smallest absolute Gasteiger partial charge is 0.255 e. The first-order chi connectivity index (χ1) is 28.6. The topological polar surface area (TPSA) is 138 Å². The van der Waals surface area contributed by atoms with Crippen molar-refractivity contribution in [1.82, 2.24) is 20.4 Å². The Morgan fingerprint density at radius 1 is 0.883 bits per heavy atom. The van der Waals surface area contributed by atoms with E-state index in [4.69, 9.17) is 16.3 Å². The van der Waals surface area contributed by atoms with Gasteiger partial charge >= 0.3 is 0 Å². The summed E-state index contributed by atoms with van der Waals surface area (Å²) in [6, 6.07) is 20.3. The number of nitrogens with zero attached hydrogens (tertiary/aromatic N) is 5. The van der Waals surface area contributed by atoms with Crippen LogP contribution in [0, 0.1) is 28.1 Å². The van der Waals surface area contributed by atoms with Gasteiger partial charge in [0.2, 0.25) is 11.8 Å². The van der Waals surface area contributed by atoms with Crippen LogP contribution >= 0.6 is 11.6 Å². The maximum absolute atomic E-state index is 13.5. The molecule has 1 atom stereocenters. The zero-order valence-corrected chi connectivity index (χ0v) is 35.7. The summed E-state index contributed by atoms with van der Waals surface area (Å²) in [4.78, 5) is 60.1. The monoisotopic (exact) mass is 831 g/mol. The number of hydrogen-bond acceptors (Lipinski definition) is 9. The predicted molar refractivity (Wildman–Crippen MR) is 232 cm³/mol. The van der Waals surface area contributed by atoms with Crippen LogP contribution in [0.1, 0.15) is 85.2 Å². The molecule has 1 aliphatic carbocycles. The molecule has 0 aromatic heterocycles. The molecule has 4 aliphatic heterocycles. The van der Waals surface area contributed by atoms with Gasteiger partial charge in [-0.15, -0.1) is 0 Å². The number of nitriles is 1. The molecule has 0 bridgehead atoms. The van der Waals surface area contributed by atoms with E-state index in [0.717, 1.165) is 81.2 Å². The van der Waals surface area contributed by atoms with E-state index in [1.807, 2.05) is 24.3 Å². The summed E-state index contributed by atoms with van der Waals surface area (Å²) in [5.74, 6) is 0.221. The van der Waals surface area contributed by atoms with Crippen LogP contribution in [0.5, 0.6) is 5.75 Å². The van der Waals surface area contributed by atoms with Crippen molar-refractivity contribution in [2.75, 3.05) is 62.2 Å². The van der Waals surface area contributed by atoms with Crippen LogP contribution in [0.25, 0.3) is 5.57 Å². The summed E-state index contributed by atoms with van der Waals surface area (Å²) in [6.07, 6.45) is 2.61. The van der Waals surface area contributed by atoms with Gasteiger partial charge in [-0.05, 0) is 90.9 Å². The van der Waals surface area contributed by atoms with Crippen molar-refractivity contribution in [1.29, 1.82) is 5.26 Å². The molecule has 1 saturated carbocycles. The highest BCUT2D eigenvalue weighted by molar-refractivity contribution is 6.31. The molecule has 5 aliphatic rings. The number of imide groups is 1. The zero-order chi connectivity index (χ0) is 42.5. The second kappa shape index (κ2) is 16.2. The molecule has 0 spiro atoms. The number of anilines is 2. The van der Waals surface area contributed by atoms with Gasteiger partial charge in [-0.3, -0.25) is 29.4 Å². The minimum absolute atomic E-state index is 0.100. The molecule has 8 rings (SSSR count). The van der Waals surface area contributed by atoms with Gasteiger partial charge in [0.1, 0.15) is 24.0 Å². The molecule has 3 aromatic rings. The molecular formula is C47H54ClN7O5. The summed E-state index contributed by atoms with van der Waals surface area (Å²) >= 11 is 6.26. The van der Waals surface area contributed by atoms with Gasteiger partial charge in [0.05, 0.1) is 10.6 Å². The average Bonchev–Trinajstić information content (AvgIpc) is 3.23. The van der Waals surface area contributed by atoms with E-state index in [9.17, 15) is 24.4 Å². The molecule has 0 radical (unpaired) electrons. The second-order valence-electron chi connectivity index (χ2n) is 18.3. The fourth-order valence-corrected chi connectivity index (χ4v) is 10.7. The number of rotatable bonds is 9. The molecule has 3 aromatic carbocycles. The van der Waals surface area contributed by atoms with Gasteiger partial charge in [-0.1, -0.05) is 45.9 Å². The van der Waals surface area contributed by atoms with Crippen LogP contribution in [0.4, 0.5) is 11.4 Å². The van der Waals surface area contributed by atoms with Crippen molar-refractivity contribution in [2.45, 2.75) is 71.6 Å². The molecule has 314 valence electrons. The molecule has 13 heteroatoms. The number of carbonyl (C=O) groups is 4. The third-order valence-corrected chi connectivity index (χ3v) is 13.9. The lowest BCUT2D eigenvalue weighted by atomic mass is 9.49. The van der Waals surface area contributed by atoms with Gasteiger partial charge in [0, 0.05) is 104 Å². The summed E-state index contributed by atoms with van der Waals surface area (Å²) in [5.41, 5.74) is 4.76. The quantitative estimate of drug-likeness (QED) is 0.244. The Kier molecular flexibility index (Phi) is 11.2. The number of nitrogens with one attached hydrogen (secondary N) is 2. The second-order valence-corrected chi connectivity index (χ2v) is 18.7. The number of amides is 4. The lowest BCUT2D eigenvalue weighted by molar-refractivity contribution is -0.164. The van der Waals surface area contributed by atoms with E-state index in [0.29, 0.717) is 39.8 Å². The molecule has 4 amide bonds. The molecule has 2 N–H and O–H groups in total. The van der Waals surface area contributed by atoms with E-state index in [1.54, 1.807) is 23.1 Å². The average molecular weight is 832 g/mol. The predicted octanol–water partition coefficient (Wildman–Crippen LogP) is 6.14. The van der Waals surface area contributed by atoms with E-state index < -0.39 is 11.9 Å². The Morgan fingerprint density at radius 3 is 2.20 bits per heavy atom.